The zero-order valence-corrected chi connectivity index (χ0v) is 12.5. The molecule has 100 valence electrons. The molecule has 17 heavy (non-hydrogen) atoms. The maximum absolute atomic E-state index is 3.53. The number of hydrogen-bond acceptors (Lipinski definition) is 3. The Balaban J connectivity index is 1.86. The summed E-state index contributed by atoms with van der Waals surface area (Å²) in [6.07, 6.45) is 5.67. The highest BCUT2D eigenvalue weighted by molar-refractivity contribution is 8.00. The van der Waals surface area contributed by atoms with Gasteiger partial charge >= 0.3 is 0 Å². The fourth-order valence-electron chi connectivity index (χ4n) is 3.41. The number of rotatable bonds is 3. The lowest BCUT2D eigenvalue weighted by Crippen LogP contribution is -2.48. The molecule has 2 atom stereocenters. The van der Waals surface area contributed by atoms with Crippen molar-refractivity contribution in [3.8, 4) is 0 Å². The van der Waals surface area contributed by atoms with Crippen LogP contribution in [-0.4, -0.2) is 48.1 Å². The molecule has 0 spiro atoms. The molecule has 0 aromatic heterocycles. The normalized spacial score (nSPS) is 34.8. The number of nitrogens with zero attached hydrogens (tertiary/aromatic N) is 1. The molecule has 1 aliphatic heterocycles. The van der Waals surface area contributed by atoms with Gasteiger partial charge in [-0.2, -0.15) is 11.8 Å². The van der Waals surface area contributed by atoms with Gasteiger partial charge in [0.1, 0.15) is 0 Å². The molecule has 2 rings (SSSR count). The summed E-state index contributed by atoms with van der Waals surface area (Å²) in [5.41, 5.74) is 0. The first-order valence-corrected chi connectivity index (χ1v) is 8.13. The monoisotopic (exact) mass is 256 g/mol. The number of hydrogen-bond donors (Lipinski definition) is 1. The van der Waals surface area contributed by atoms with E-state index in [0.717, 1.165) is 12.0 Å². The van der Waals surface area contributed by atoms with Crippen molar-refractivity contribution >= 4 is 11.8 Å². The van der Waals surface area contributed by atoms with Crippen LogP contribution in [0.4, 0.5) is 0 Å². The molecule has 2 fully saturated rings. The van der Waals surface area contributed by atoms with Crippen LogP contribution in [0.25, 0.3) is 0 Å². The molecule has 2 nitrogen and oxygen atoms in total. The Morgan fingerprint density at radius 2 is 2.06 bits per heavy atom. The number of nitrogens with one attached hydrogen (secondary N) is 1. The van der Waals surface area contributed by atoms with Gasteiger partial charge in [-0.05, 0) is 39.7 Å². The van der Waals surface area contributed by atoms with Gasteiger partial charge in [0.05, 0.1) is 0 Å². The maximum atomic E-state index is 3.53. The van der Waals surface area contributed by atoms with Crippen LogP contribution < -0.4 is 5.32 Å². The quantitative estimate of drug-likeness (QED) is 0.835. The van der Waals surface area contributed by atoms with Gasteiger partial charge in [-0.3, -0.25) is 0 Å². The molecular weight excluding hydrogens is 228 g/mol. The van der Waals surface area contributed by atoms with Crippen molar-refractivity contribution in [3.63, 3.8) is 0 Å². The van der Waals surface area contributed by atoms with Gasteiger partial charge in [-0.25, -0.2) is 0 Å². The SMILES string of the molecule is CNC1CCCCC1CN1CCSC(C)(C)C1. The van der Waals surface area contributed by atoms with E-state index in [-0.39, 0.29) is 0 Å². The highest BCUT2D eigenvalue weighted by Gasteiger charge is 2.31. The lowest BCUT2D eigenvalue weighted by Gasteiger charge is -2.41. The molecule has 3 heteroatoms. The van der Waals surface area contributed by atoms with Crippen LogP contribution in [0, 0.1) is 5.92 Å². The molecule has 1 heterocycles. The fourth-order valence-corrected chi connectivity index (χ4v) is 4.58. The highest BCUT2D eigenvalue weighted by Crippen LogP contribution is 2.31. The van der Waals surface area contributed by atoms with E-state index in [4.69, 9.17) is 0 Å². The molecule has 2 aliphatic rings. The van der Waals surface area contributed by atoms with Crippen molar-refractivity contribution in [1.29, 1.82) is 0 Å². The first-order valence-electron chi connectivity index (χ1n) is 7.14. The third-order valence-corrected chi connectivity index (χ3v) is 5.57. The summed E-state index contributed by atoms with van der Waals surface area (Å²) in [5, 5.41) is 3.53. The van der Waals surface area contributed by atoms with Crippen LogP contribution in [0.2, 0.25) is 0 Å². The predicted octanol–water partition coefficient (Wildman–Crippen LogP) is 2.59. The van der Waals surface area contributed by atoms with E-state index < -0.39 is 0 Å². The third kappa shape index (κ3) is 3.87. The smallest absolute Gasteiger partial charge is 0.0231 e. The summed E-state index contributed by atoms with van der Waals surface area (Å²) in [5.74, 6) is 2.19. The largest absolute Gasteiger partial charge is 0.317 e. The summed E-state index contributed by atoms with van der Waals surface area (Å²) < 4.78 is 0.460. The van der Waals surface area contributed by atoms with Crippen molar-refractivity contribution in [1.82, 2.24) is 10.2 Å². The van der Waals surface area contributed by atoms with Crippen LogP contribution in [0.15, 0.2) is 0 Å². The van der Waals surface area contributed by atoms with Crippen molar-refractivity contribution in [2.75, 3.05) is 32.4 Å². The van der Waals surface area contributed by atoms with Gasteiger partial charge in [0, 0.05) is 36.2 Å². The van der Waals surface area contributed by atoms with Gasteiger partial charge in [-0.15, -0.1) is 0 Å². The van der Waals surface area contributed by atoms with Crippen molar-refractivity contribution < 1.29 is 0 Å². The Hall–Kier alpha value is 0.270. The second kappa shape index (κ2) is 5.94. The molecule has 0 bridgehead atoms. The maximum Gasteiger partial charge on any atom is 0.0231 e. The van der Waals surface area contributed by atoms with Gasteiger partial charge < -0.3 is 10.2 Å². The van der Waals surface area contributed by atoms with E-state index in [1.165, 1.54) is 51.1 Å². The van der Waals surface area contributed by atoms with Gasteiger partial charge in [0.15, 0.2) is 0 Å². The van der Waals surface area contributed by atoms with E-state index in [1.807, 2.05) is 0 Å². The lowest BCUT2D eigenvalue weighted by atomic mass is 9.84. The minimum atomic E-state index is 0.460. The summed E-state index contributed by atoms with van der Waals surface area (Å²) in [6, 6.07) is 0.765. The summed E-state index contributed by atoms with van der Waals surface area (Å²) in [6.45, 7) is 8.65. The second-order valence-electron chi connectivity index (χ2n) is 6.28. The Morgan fingerprint density at radius 3 is 2.76 bits per heavy atom. The van der Waals surface area contributed by atoms with Crippen LogP contribution in [0.1, 0.15) is 39.5 Å². The van der Waals surface area contributed by atoms with E-state index >= 15 is 0 Å². The summed E-state index contributed by atoms with van der Waals surface area (Å²) in [7, 11) is 2.14. The van der Waals surface area contributed by atoms with E-state index in [2.05, 4.69) is 42.9 Å². The average Bonchev–Trinajstić information content (AvgIpc) is 2.28. The van der Waals surface area contributed by atoms with Crippen LogP contribution in [0.5, 0.6) is 0 Å². The molecule has 1 saturated heterocycles. The topological polar surface area (TPSA) is 15.3 Å². The Bertz CT molecular complexity index is 242. The van der Waals surface area contributed by atoms with Crippen LogP contribution in [-0.2, 0) is 0 Å². The van der Waals surface area contributed by atoms with E-state index in [9.17, 15) is 0 Å². The van der Waals surface area contributed by atoms with Crippen molar-refractivity contribution in [3.05, 3.63) is 0 Å². The molecule has 1 aliphatic carbocycles. The zero-order valence-electron chi connectivity index (χ0n) is 11.7. The molecule has 1 N–H and O–H groups in total. The molecule has 1 saturated carbocycles. The summed E-state index contributed by atoms with van der Waals surface area (Å²) in [4.78, 5) is 2.71. The minimum Gasteiger partial charge on any atom is -0.317 e. The van der Waals surface area contributed by atoms with Crippen LogP contribution >= 0.6 is 11.8 Å². The Labute approximate surface area is 111 Å². The van der Waals surface area contributed by atoms with Crippen LogP contribution in [0.3, 0.4) is 0 Å². The first kappa shape index (κ1) is 13.7. The van der Waals surface area contributed by atoms with E-state index in [1.54, 1.807) is 0 Å². The fraction of sp³-hybridized carbons (Fsp3) is 1.00. The highest BCUT2D eigenvalue weighted by atomic mass is 32.2. The molecule has 2 unspecified atom stereocenters. The van der Waals surface area contributed by atoms with Gasteiger partial charge in [-0.1, -0.05) is 12.8 Å². The standard InChI is InChI=1S/C14H28N2S/c1-14(2)11-16(8-9-17-14)10-12-6-4-5-7-13(12)15-3/h12-13,15H,4-11H2,1-3H3. The van der Waals surface area contributed by atoms with Gasteiger partial charge in [0.25, 0.3) is 0 Å². The van der Waals surface area contributed by atoms with Crippen molar-refractivity contribution in [2.24, 2.45) is 5.92 Å². The lowest BCUT2D eigenvalue weighted by molar-refractivity contribution is 0.166. The Morgan fingerprint density at radius 1 is 1.29 bits per heavy atom. The van der Waals surface area contributed by atoms with Crippen molar-refractivity contribution in [2.45, 2.75) is 50.3 Å². The number of thioether (sulfide) groups is 1. The second-order valence-corrected chi connectivity index (χ2v) is 8.09. The predicted molar refractivity (Wildman–Crippen MR) is 77.8 cm³/mol. The molecule has 0 amide bonds. The zero-order chi connectivity index (χ0) is 12.3. The minimum absolute atomic E-state index is 0.460. The summed E-state index contributed by atoms with van der Waals surface area (Å²) >= 11 is 2.14. The average molecular weight is 256 g/mol. The Kier molecular flexibility index (Phi) is 4.79. The third-order valence-electron chi connectivity index (χ3n) is 4.28. The van der Waals surface area contributed by atoms with E-state index in [0.29, 0.717) is 4.75 Å². The molecule has 0 radical (unpaired) electrons. The molecule has 0 aromatic carbocycles. The molecule has 0 aromatic rings. The first-order chi connectivity index (χ1) is 8.11. The molecular formula is C14H28N2S. The van der Waals surface area contributed by atoms with Gasteiger partial charge in [0.2, 0.25) is 0 Å².